The standard InChI is InChI=1S/C17H10Cl2N2O2/c1-9-3-2-4-21-8-14(20-16(9)21)12-6-10-5-11(18)7-13(19)15(10)23-17(12)22/h2-8H,1H3. The number of imidazole rings is 1. The number of nitrogens with zero attached hydrogens (tertiary/aromatic N) is 2. The topological polar surface area (TPSA) is 47.5 Å². The summed E-state index contributed by atoms with van der Waals surface area (Å²) in [5.74, 6) is 0. The van der Waals surface area contributed by atoms with E-state index in [9.17, 15) is 4.79 Å². The first-order chi connectivity index (χ1) is 11.0. The van der Waals surface area contributed by atoms with E-state index in [4.69, 9.17) is 27.6 Å². The first kappa shape index (κ1) is 14.3. The number of hydrogen-bond acceptors (Lipinski definition) is 3. The number of aromatic nitrogens is 2. The number of aryl methyl sites for hydroxylation is 1. The molecular formula is C17H10Cl2N2O2. The molecule has 0 amide bonds. The second-order valence-electron chi connectivity index (χ2n) is 5.30. The SMILES string of the molecule is Cc1cccn2cc(-c3cc4cc(Cl)cc(Cl)c4oc3=O)nc12. The minimum absolute atomic E-state index is 0.307. The van der Waals surface area contributed by atoms with Gasteiger partial charge in [0.15, 0.2) is 5.58 Å². The van der Waals surface area contributed by atoms with Crippen molar-refractivity contribution in [1.29, 1.82) is 0 Å². The highest BCUT2D eigenvalue weighted by Gasteiger charge is 2.14. The van der Waals surface area contributed by atoms with Crippen molar-refractivity contribution in [2.24, 2.45) is 0 Å². The molecule has 114 valence electrons. The normalized spacial score (nSPS) is 11.4. The van der Waals surface area contributed by atoms with E-state index < -0.39 is 5.63 Å². The van der Waals surface area contributed by atoms with E-state index >= 15 is 0 Å². The molecule has 3 heterocycles. The molecule has 0 spiro atoms. The smallest absolute Gasteiger partial charge is 0.345 e. The van der Waals surface area contributed by atoms with E-state index in [-0.39, 0.29) is 0 Å². The van der Waals surface area contributed by atoms with Crippen LogP contribution in [0.2, 0.25) is 10.0 Å². The molecule has 4 aromatic rings. The van der Waals surface area contributed by atoms with Crippen molar-refractivity contribution in [3.05, 3.63) is 68.8 Å². The predicted molar refractivity (Wildman–Crippen MR) is 91.4 cm³/mol. The summed E-state index contributed by atoms with van der Waals surface area (Å²) in [6.07, 6.45) is 3.68. The first-order valence-corrected chi connectivity index (χ1v) is 7.66. The Hall–Kier alpha value is -2.30. The van der Waals surface area contributed by atoms with Gasteiger partial charge in [-0.05, 0) is 36.8 Å². The van der Waals surface area contributed by atoms with Crippen LogP contribution in [0.15, 0.2) is 51.9 Å². The molecule has 0 aliphatic carbocycles. The molecule has 1 aromatic carbocycles. The van der Waals surface area contributed by atoms with Gasteiger partial charge < -0.3 is 8.82 Å². The third-order valence-corrected chi connectivity index (χ3v) is 4.20. The number of halogens is 2. The summed E-state index contributed by atoms with van der Waals surface area (Å²) in [5, 5.41) is 1.45. The maximum Gasteiger partial charge on any atom is 0.345 e. The maximum absolute atomic E-state index is 12.3. The number of fused-ring (bicyclic) bond motifs is 2. The van der Waals surface area contributed by atoms with Crippen molar-refractivity contribution in [3.63, 3.8) is 0 Å². The molecule has 0 aliphatic rings. The van der Waals surface area contributed by atoms with Gasteiger partial charge in [-0.15, -0.1) is 0 Å². The highest BCUT2D eigenvalue weighted by molar-refractivity contribution is 6.38. The molecular weight excluding hydrogens is 335 g/mol. The average molecular weight is 345 g/mol. The van der Waals surface area contributed by atoms with Crippen LogP contribution in [-0.2, 0) is 0 Å². The van der Waals surface area contributed by atoms with Crippen molar-refractivity contribution in [1.82, 2.24) is 9.38 Å². The summed E-state index contributed by atoms with van der Waals surface area (Å²) < 4.78 is 7.24. The van der Waals surface area contributed by atoms with Gasteiger partial charge in [0.25, 0.3) is 0 Å². The second-order valence-corrected chi connectivity index (χ2v) is 6.15. The molecule has 6 heteroatoms. The fourth-order valence-corrected chi connectivity index (χ4v) is 3.17. The van der Waals surface area contributed by atoms with E-state index in [2.05, 4.69) is 4.98 Å². The van der Waals surface area contributed by atoms with E-state index in [0.717, 1.165) is 11.2 Å². The second kappa shape index (κ2) is 5.11. The third kappa shape index (κ3) is 2.31. The molecule has 3 aromatic heterocycles. The fourth-order valence-electron chi connectivity index (χ4n) is 2.62. The molecule has 23 heavy (non-hydrogen) atoms. The highest BCUT2D eigenvalue weighted by atomic mass is 35.5. The Balaban J connectivity index is 2.02. The Kier molecular flexibility index (Phi) is 3.18. The van der Waals surface area contributed by atoms with Gasteiger partial charge in [0.05, 0.1) is 16.3 Å². The van der Waals surface area contributed by atoms with Gasteiger partial charge in [0, 0.05) is 22.8 Å². The predicted octanol–water partition coefficient (Wildman–Crippen LogP) is 4.72. The monoisotopic (exact) mass is 344 g/mol. The molecule has 0 saturated heterocycles. The van der Waals surface area contributed by atoms with Crippen molar-refractivity contribution in [3.8, 4) is 11.3 Å². The van der Waals surface area contributed by atoms with Crippen LogP contribution in [0.5, 0.6) is 0 Å². The molecule has 4 rings (SSSR count). The summed E-state index contributed by atoms with van der Waals surface area (Å²) in [6, 6.07) is 8.85. The van der Waals surface area contributed by atoms with Gasteiger partial charge >= 0.3 is 5.63 Å². The Morgan fingerprint density at radius 3 is 2.83 bits per heavy atom. The van der Waals surface area contributed by atoms with Crippen LogP contribution in [-0.4, -0.2) is 9.38 Å². The van der Waals surface area contributed by atoms with Crippen LogP contribution in [0, 0.1) is 6.92 Å². The van der Waals surface area contributed by atoms with Crippen molar-refractivity contribution >= 4 is 39.8 Å². The van der Waals surface area contributed by atoms with Gasteiger partial charge in [0.2, 0.25) is 0 Å². The number of pyridine rings is 1. The molecule has 0 saturated carbocycles. The zero-order valence-electron chi connectivity index (χ0n) is 12.0. The molecule has 0 bridgehead atoms. The van der Waals surface area contributed by atoms with Crippen LogP contribution in [0.25, 0.3) is 27.9 Å². The first-order valence-electron chi connectivity index (χ1n) is 6.90. The summed E-state index contributed by atoms with van der Waals surface area (Å²) in [4.78, 5) is 16.9. The third-order valence-electron chi connectivity index (χ3n) is 3.71. The van der Waals surface area contributed by atoms with Gasteiger partial charge in [-0.25, -0.2) is 9.78 Å². The largest absolute Gasteiger partial charge is 0.421 e. The number of hydrogen-bond donors (Lipinski definition) is 0. The molecule has 4 nitrogen and oxygen atoms in total. The van der Waals surface area contributed by atoms with Gasteiger partial charge in [0.1, 0.15) is 5.65 Å². The van der Waals surface area contributed by atoms with E-state index in [1.807, 2.05) is 29.7 Å². The lowest BCUT2D eigenvalue weighted by Crippen LogP contribution is -2.03. The quantitative estimate of drug-likeness (QED) is 0.469. The molecule has 0 radical (unpaired) electrons. The molecule has 0 atom stereocenters. The molecule has 0 unspecified atom stereocenters. The average Bonchev–Trinajstić information content (AvgIpc) is 2.93. The minimum Gasteiger partial charge on any atom is -0.421 e. The molecule has 0 fully saturated rings. The van der Waals surface area contributed by atoms with Crippen LogP contribution < -0.4 is 5.63 Å². The zero-order valence-corrected chi connectivity index (χ0v) is 13.5. The summed E-state index contributed by atoms with van der Waals surface area (Å²) in [7, 11) is 0. The lowest BCUT2D eigenvalue weighted by Gasteiger charge is -2.02. The van der Waals surface area contributed by atoms with Crippen LogP contribution in [0.1, 0.15) is 5.56 Å². The van der Waals surface area contributed by atoms with E-state index in [1.165, 1.54) is 0 Å². The molecule has 0 aliphatic heterocycles. The Morgan fingerprint density at radius 1 is 1.22 bits per heavy atom. The molecule has 0 N–H and O–H groups in total. The van der Waals surface area contributed by atoms with Gasteiger partial charge in [-0.2, -0.15) is 0 Å². The lowest BCUT2D eigenvalue weighted by molar-refractivity contribution is 0.563. The zero-order chi connectivity index (χ0) is 16.1. The van der Waals surface area contributed by atoms with Crippen LogP contribution >= 0.6 is 23.2 Å². The van der Waals surface area contributed by atoms with Gasteiger partial charge in [-0.1, -0.05) is 29.3 Å². The number of benzene rings is 1. The van der Waals surface area contributed by atoms with E-state index in [1.54, 1.807) is 24.4 Å². The Bertz CT molecular complexity index is 1130. The van der Waals surface area contributed by atoms with Crippen molar-refractivity contribution in [2.45, 2.75) is 6.92 Å². The van der Waals surface area contributed by atoms with Crippen LogP contribution in [0.3, 0.4) is 0 Å². The summed E-state index contributed by atoms with van der Waals surface area (Å²) in [5.41, 5.74) is 2.58. The van der Waals surface area contributed by atoms with Gasteiger partial charge in [-0.3, -0.25) is 0 Å². The fraction of sp³-hybridized carbons (Fsp3) is 0.0588. The number of rotatable bonds is 1. The summed E-state index contributed by atoms with van der Waals surface area (Å²) >= 11 is 12.1. The lowest BCUT2D eigenvalue weighted by atomic mass is 10.1. The van der Waals surface area contributed by atoms with Crippen LogP contribution in [0.4, 0.5) is 0 Å². The van der Waals surface area contributed by atoms with E-state index in [0.29, 0.717) is 32.3 Å². The van der Waals surface area contributed by atoms with Crippen molar-refractivity contribution in [2.75, 3.05) is 0 Å². The minimum atomic E-state index is -0.484. The van der Waals surface area contributed by atoms with Crippen molar-refractivity contribution < 1.29 is 4.42 Å². The Morgan fingerprint density at radius 2 is 2.04 bits per heavy atom. The highest BCUT2D eigenvalue weighted by Crippen LogP contribution is 2.29. The summed E-state index contributed by atoms with van der Waals surface area (Å²) in [6.45, 7) is 1.97. The Labute approximate surface area is 140 Å². The maximum atomic E-state index is 12.3.